The van der Waals surface area contributed by atoms with Crippen LogP contribution in [0.1, 0.15) is 70.6 Å². The fourth-order valence-corrected chi connectivity index (χ4v) is 3.17. The van der Waals surface area contributed by atoms with Crippen LogP contribution in [0.4, 0.5) is 0 Å². The number of aromatic nitrogens is 3. The average molecular weight is 332 g/mol. The molecule has 132 valence electrons. The van der Waals surface area contributed by atoms with Crippen molar-refractivity contribution in [3.05, 3.63) is 23.3 Å². The molecule has 1 aromatic rings. The minimum absolute atomic E-state index is 0.105. The van der Waals surface area contributed by atoms with Gasteiger partial charge < -0.3 is 9.64 Å². The first kappa shape index (κ1) is 17.1. The number of carbonyl (C=O) groups excluding carboxylic acids is 1. The number of hydrogen-bond donors (Lipinski definition) is 1. The Morgan fingerprint density at radius 3 is 2.92 bits per heavy atom. The van der Waals surface area contributed by atoms with E-state index in [4.69, 9.17) is 4.74 Å². The molecule has 0 saturated carbocycles. The molecule has 1 amide bonds. The van der Waals surface area contributed by atoms with Crippen LogP contribution in [-0.2, 0) is 14.9 Å². The Kier molecular flexibility index (Phi) is 5.04. The molecule has 1 aliphatic carbocycles. The highest BCUT2D eigenvalue weighted by molar-refractivity contribution is 5.78. The molecule has 24 heavy (non-hydrogen) atoms. The maximum atomic E-state index is 12.6. The fourth-order valence-electron chi connectivity index (χ4n) is 3.17. The second-order valence-electron chi connectivity index (χ2n) is 7.78. The van der Waals surface area contributed by atoms with E-state index in [0.717, 1.165) is 18.7 Å². The van der Waals surface area contributed by atoms with E-state index < -0.39 is 0 Å². The summed E-state index contributed by atoms with van der Waals surface area (Å²) in [6.45, 7) is 7.98. The van der Waals surface area contributed by atoms with Crippen LogP contribution >= 0.6 is 0 Å². The van der Waals surface area contributed by atoms with Crippen LogP contribution in [0.15, 0.2) is 11.6 Å². The molecule has 1 fully saturated rings. The lowest BCUT2D eigenvalue weighted by Crippen LogP contribution is -2.42. The molecule has 1 atom stereocenters. The third-order valence-electron chi connectivity index (χ3n) is 4.66. The number of aromatic amines is 1. The zero-order chi connectivity index (χ0) is 17.2. The van der Waals surface area contributed by atoms with E-state index in [1.807, 2.05) is 4.90 Å². The number of nitrogens with zero attached hydrogens (tertiary/aromatic N) is 3. The smallest absolute Gasteiger partial charge is 0.226 e. The molecule has 6 heteroatoms. The predicted molar refractivity (Wildman–Crippen MR) is 91.5 cm³/mol. The summed E-state index contributed by atoms with van der Waals surface area (Å²) in [5.41, 5.74) is 1.19. The molecular weight excluding hydrogens is 304 g/mol. The Morgan fingerprint density at radius 2 is 2.25 bits per heavy atom. The van der Waals surface area contributed by atoms with Gasteiger partial charge in [-0.15, -0.1) is 0 Å². The van der Waals surface area contributed by atoms with Crippen LogP contribution in [0.2, 0.25) is 0 Å². The number of amides is 1. The third kappa shape index (κ3) is 4.04. The number of hydrogen-bond acceptors (Lipinski definition) is 4. The van der Waals surface area contributed by atoms with Crippen molar-refractivity contribution in [3.8, 4) is 0 Å². The highest BCUT2D eigenvalue weighted by Crippen LogP contribution is 2.25. The minimum Gasteiger partial charge on any atom is -0.367 e. The molecule has 1 saturated heterocycles. The maximum Gasteiger partial charge on any atom is 0.226 e. The monoisotopic (exact) mass is 332 g/mol. The highest BCUT2D eigenvalue weighted by Gasteiger charge is 2.29. The van der Waals surface area contributed by atoms with Crippen LogP contribution in [0.3, 0.4) is 0 Å². The first-order valence-electron chi connectivity index (χ1n) is 8.93. The van der Waals surface area contributed by atoms with Crippen molar-refractivity contribution < 1.29 is 9.53 Å². The number of carbonyl (C=O) groups is 1. The van der Waals surface area contributed by atoms with Crippen LogP contribution in [0.25, 0.3) is 0 Å². The van der Waals surface area contributed by atoms with Gasteiger partial charge in [0, 0.05) is 18.4 Å². The van der Waals surface area contributed by atoms with Gasteiger partial charge in [-0.2, -0.15) is 5.10 Å². The number of rotatable bonds is 3. The topological polar surface area (TPSA) is 71.1 Å². The minimum atomic E-state index is -0.216. The summed E-state index contributed by atoms with van der Waals surface area (Å²) >= 11 is 0. The van der Waals surface area contributed by atoms with Gasteiger partial charge in [-0.05, 0) is 25.7 Å². The van der Waals surface area contributed by atoms with Crippen molar-refractivity contribution >= 4 is 5.91 Å². The molecule has 3 rings (SSSR count). The van der Waals surface area contributed by atoms with E-state index in [0.29, 0.717) is 31.9 Å². The Balaban J connectivity index is 1.62. The van der Waals surface area contributed by atoms with Gasteiger partial charge in [-0.25, -0.2) is 4.98 Å². The summed E-state index contributed by atoms with van der Waals surface area (Å²) < 4.78 is 5.82. The first-order chi connectivity index (χ1) is 11.4. The quantitative estimate of drug-likeness (QED) is 0.864. The number of allylic oxidation sites excluding steroid dienone is 1. The lowest BCUT2D eigenvalue weighted by atomic mass is 9.96. The first-order valence-corrected chi connectivity index (χ1v) is 8.93. The summed E-state index contributed by atoms with van der Waals surface area (Å²) in [5, 5.41) is 7.28. The summed E-state index contributed by atoms with van der Waals surface area (Å²) in [5.74, 6) is 1.69. The van der Waals surface area contributed by atoms with E-state index in [1.165, 1.54) is 18.4 Å². The molecule has 2 aliphatic rings. The molecule has 1 N–H and O–H groups in total. The van der Waals surface area contributed by atoms with E-state index in [1.54, 1.807) is 0 Å². The molecule has 1 aromatic heterocycles. The number of ether oxygens (including phenoxy) is 1. The summed E-state index contributed by atoms with van der Waals surface area (Å²) in [6, 6.07) is 0. The van der Waals surface area contributed by atoms with Crippen molar-refractivity contribution in [2.45, 2.75) is 64.4 Å². The van der Waals surface area contributed by atoms with Crippen LogP contribution in [-0.4, -0.2) is 45.7 Å². The van der Waals surface area contributed by atoms with Gasteiger partial charge in [-0.3, -0.25) is 9.89 Å². The van der Waals surface area contributed by atoms with Crippen LogP contribution < -0.4 is 0 Å². The van der Waals surface area contributed by atoms with Crippen molar-refractivity contribution in [2.75, 3.05) is 19.7 Å². The average Bonchev–Trinajstić information content (AvgIpc) is 3.06. The molecule has 0 spiro atoms. The van der Waals surface area contributed by atoms with Gasteiger partial charge in [0.2, 0.25) is 5.91 Å². The van der Waals surface area contributed by atoms with Crippen molar-refractivity contribution in [3.63, 3.8) is 0 Å². The summed E-state index contributed by atoms with van der Waals surface area (Å²) in [6.07, 6.45) is 7.21. The van der Waals surface area contributed by atoms with Gasteiger partial charge in [0.25, 0.3) is 0 Å². The molecule has 6 nitrogen and oxygen atoms in total. The zero-order valence-electron chi connectivity index (χ0n) is 15.0. The normalized spacial score (nSPS) is 22.4. The van der Waals surface area contributed by atoms with Crippen molar-refractivity contribution in [1.82, 2.24) is 20.1 Å². The summed E-state index contributed by atoms with van der Waals surface area (Å²) in [7, 11) is 0. The van der Waals surface area contributed by atoms with E-state index in [9.17, 15) is 4.79 Å². The Bertz CT molecular complexity index is 615. The van der Waals surface area contributed by atoms with Crippen LogP contribution in [0, 0.1) is 0 Å². The Hall–Kier alpha value is -1.69. The third-order valence-corrected chi connectivity index (χ3v) is 4.66. The van der Waals surface area contributed by atoms with Gasteiger partial charge in [0.15, 0.2) is 11.6 Å². The van der Waals surface area contributed by atoms with E-state index in [2.05, 4.69) is 42.0 Å². The van der Waals surface area contributed by atoms with E-state index >= 15 is 0 Å². The zero-order valence-corrected chi connectivity index (χ0v) is 15.0. The van der Waals surface area contributed by atoms with Crippen LogP contribution in [0.5, 0.6) is 0 Å². The second kappa shape index (κ2) is 7.05. The molecule has 2 heterocycles. The van der Waals surface area contributed by atoms with Gasteiger partial charge in [0.05, 0.1) is 13.2 Å². The Labute approximate surface area is 143 Å². The maximum absolute atomic E-state index is 12.6. The number of morpholine rings is 1. The lowest BCUT2D eigenvalue weighted by Gasteiger charge is -2.32. The van der Waals surface area contributed by atoms with Gasteiger partial charge in [0.1, 0.15) is 6.10 Å². The fraction of sp³-hybridized carbons (Fsp3) is 0.722. The number of H-pyrrole nitrogens is 1. The largest absolute Gasteiger partial charge is 0.367 e. The molecule has 1 aliphatic heterocycles. The molecular formula is C18H28N4O2. The molecule has 0 aromatic carbocycles. The van der Waals surface area contributed by atoms with Crippen molar-refractivity contribution in [2.24, 2.45) is 0 Å². The molecule has 0 radical (unpaired) electrons. The standard InChI is InChI=1S/C18H28N4O2/c1-18(2,3)17-19-16(20-21-17)14-12-22(9-10-24-14)15(23)11-13-7-5-4-6-8-13/h7,14H,4-6,8-12H2,1-3H3,(H,19,20,21). The van der Waals surface area contributed by atoms with Gasteiger partial charge in [-0.1, -0.05) is 32.4 Å². The SMILES string of the molecule is CC(C)(C)c1n[nH]c(C2CN(C(=O)CC3=CCCCC3)CCO2)n1. The number of nitrogens with one attached hydrogen (secondary N) is 1. The molecule has 0 bridgehead atoms. The highest BCUT2D eigenvalue weighted by atomic mass is 16.5. The Morgan fingerprint density at radius 1 is 1.42 bits per heavy atom. The summed E-state index contributed by atoms with van der Waals surface area (Å²) in [4.78, 5) is 19.1. The van der Waals surface area contributed by atoms with Gasteiger partial charge >= 0.3 is 0 Å². The predicted octanol–water partition coefficient (Wildman–Crippen LogP) is 2.89. The second-order valence-corrected chi connectivity index (χ2v) is 7.78. The van der Waals surface area contributed by atoms with E-state index in [-0.39, 0.29) is 17.4 Å². The molecule has 1 unspecified atom stereocenters. The van der Waals surface area contributed by atoms with Crippen molar-refractivity contribution in [1.29, 1.82) is 0 Å². The lowest BCUT2D eigenvalue weighted by molar-refractivity contribution is -0.138.